The summed E-state index contributed by atoms with van der Waals surface area (Å²) >= 11 is 0. The number of esters is 1. The van der Waals surface area contributed by atoms with E-state index in [-0.39, 0.29) is 11.9 Å². The van der Waals surface area contributed by atoms with Crippen LogP contribution in [-0.2, 0) is 22.5 Å². The van der Waals surface area contributed by atoms with E-state index in [0.29, 0.717) is 18.0 Å². The van der Waals surface area contributed by atoms with Gasteiger partial charge < -0.3 is 15.0 Å². The van der Waals surface area contributed by atoms with Crippen molar-refractivity contribution in [3.05, 3.63) is 71.3 Å². The fourth-order valence-corrected chi connectivity index (χ4v) is 3.67. The monoisotopic (exact) mass is 380 g/mol. The third-order valence-electron chi connectivity index (χ3n) is 5.30. The number of nitrogens with one attached hydrogen (secondary N) is 1. The van der Waals surface area contributed by atoms with Crippen molar-refractivity contribution in [2.24, 2.45) is 0 Å². The third kappa shape index (κ3) is 5.42. The zero-order valence-electron chi connectivity index (χ0n) is 16.4. The zero-order valence-corrected chi connectivity index (χ0v) is 16.4. The number of nitrogens with zero attached hydrogens (tertiary/aromatic N) is 1. The van der Waals surface area contributed by atoms with Crippen molar-refractivity contribution in [3.8, 4) is 0 Å². The van der Waals surface area contributed by atoms with Crippen LogP contribution in [0.15, 0.2) is 54.6 Å². The first-order valence-corrected chi connectivity index (χ1v) is 9.88. The second kappa shape index (κ2) is 10.0. The van der Waals surface area contributed by atoms with Gasteiger partial charge >= 0.3 is 5.97 Å². The lowest BCUT2D eigenvalue weighted by atomic mass is 10.1. The highest BCUT2D eigenvalue weighted by Crippen LogP contribution is 2.21. The lowest BCUT2D eigenvalue weighted by Crippen LogP contribution is -2.36. The normalized spacial score (nSPS) is 16.4. The van der Waals surface area contributed by atoms with Crippen molar-refractivity contribution >= 4 is 11.9 Å². The van der Waals surface area contributed by atoms with Gasteiger partial charge in [0.25, 0.3) is 0 Å². The van der Waals surface area contributed by atoms with Gasteiger partial charge in [0.05, 0.1) is 12.7 Å². The topological polar surface area (TPSA) is 58.6 Å². The summed E-state index contributed by atoms with van der Waals surface area (Å²) in [7, 11) is 1.38. The van der Waals surface area contributed by atoms with Crippen LogP contribution in [0.2, 0.25) is 0 Å². The van der Waals surface area contributed by atoms with Gasteiger partial charge in [0.15, 0.2) is 0 Å². The molecule has 1 N–H and O–H groups in total. The average molecular weight is 380 g/mol. The van der Waals surface area contributed by atoms with E-state index in [9.17, 15) is 9.59 Å². The number of amides is 1. The Kier molecular flexibility index (Phi) is 7.20. The smallest absolute Gasteiger partial charge is 0.337 e. The molecule has 1 atom stereocenters. The number of benzene rings is 2. The van der Waals surface area contributed by atoms with E-state index in [4.69, 9.17) is 4.74 Å². The third-order valence-corrected chi connectivity index (χ3v) is 5.30. The predicted molar refractivity (Wildman–Crippen MR) is 109 cm³/mol. The van der Waals surface area contributed by atoms with Crippen molar-refractivity contribution in [1.29, 1.82) is 0 Å². The minimum Gasteiger partial charge on any atom is -0.465 e. The van der Waals surface area contributed by atoms with Crippen LogP contribution < -0.4 is 5.32 Å². The van der Waals surface area contributed by atoms with Gasteiger partial charge in [-0.15, -0.1) is 0 Å². The summed E-state index contributed by atoms with van der Waals surface area (Å²) < 4.78 is 4.71. The van der Waals surface area contributed by atoms with Crippen molar-refractivity contribution in [3.63, 3.8) is 0 Å². The largest absolute Gasteiger partial charge is 0.465 e. The first-order valence-electron chi connectivity index (χ1n) is 9.88. The molecular weight excluding hydrogens is 352 g/mol. The highest BCUT2D eigenvalue weighted by molar-refractivity contribution is 5.89. The molecule has 0 aromatic heterocycles. The maximum atomic E-state index is 12.2. The lowest BCUT2D eigenvalue weighted by Gasteiger charge is -2.25. The molecule has 28 heavy (non-hydrogen) atoms. The highest BCUT2D eigenvalue weighted by atomic mass is 16.5. The molecule has 1 aliphatic heterocycles. The molecule has 1 saturated heterocycles. The van der Waals surface area contributed by atoms with Crippen molar-refractivity contribution in [2.45, 2.75) is 38.3 Å². The molecule has 1 heterocycles. The summed E-state index contributed by atoms with van der Waals surface area (Å²) in [5.41, 5.74) is 2.95. The Morgan fingerprint density at radius 3 is 2.57 bits per heavy atom. The average Bonchev–Trinajstić information content (AvgIpc) is 3.09. The van der Waals surface area contributed by atoms with E-state index in [1.807, 2.05) is 30.3 Å². The second-order valence-corrected chi connectivity index (χ2v) is 7.17. The summed E-state index contributed by atoms with van der Waals surface area (Å²) in [6.45, 7) is 2.40. The van der Waals surface area contributed by atoms with Crippen LogP contribution in [0.4, 0.5) is 0 Å². The highest BCUT2D eigenvalue weighted by Gasteiger charge is 2.29. The van der Waals surface area contributed by atoms with Gasteiger partial charge in [-0.25, -0.2) is 4.79 Å². The van der Waals surface area contributed by atoms with E-state index in [1.165, 1.54) is 12.7 Å². The number of carbonyl (C=O) groups excluding carboxylic acids is 2. The van der Waals surface area contributed by atoms with Crippen LogP contribution in [0.25, 0.3) is 0 Å². The molecule has 2 aromatic rings. The molecule has 1 fully saturated rings. The molecule has 3 rings (SSSR count). The Hall–Kier alpha value is -2.66. The number of methoxy groups -OCH3 is 1. The van der Waals surface area contributed by atoms with E-state index in [1.54, 1.807) is 12.1 Å². The molecular formula is C23H28N2O3. The second-order valence-electron chi connectivity index (χ2n) is 7.17. The van der Waals surface area contributed by atoms with Crippen LogP contribution in [0.3, 0.4) is 0 Å². The zero-order chi connectivity index (χ0) is 19.8. The quantitative estimate of drug-likeness (QED) is 0.536. The fraction of sp³-hybridized carbons (Fsp3) is 0.391. The Labute approximate surface area is 166 Å². The van der Waals surface area contributed by atoms with Gasteiger partial charge in [0.1, 0.15) is 0 Å². The number of rotatable bonds is 9. The Bertz CT molecular complexity index is 774. The van der Waals surface area contributed by atoms with Crippen LogP contribution >= 0.6 is 0 Å². The van der Waals surface area contributed by atoms with E-state index >= 15 is 0 Å². The molecule has 1 amide bonds. The fourth-order valence-electron chi connectivity index (χ4n) is 3.67. The summed E-state index contributed by atoms with van der Waals surface area (Å²) in [5.74, 6) is -0.0414. The standard InChI is InChI=1S/C23H28N2O3/c1-28-23(27)20-9-7-19(8-10-20)17-24-15-13-21-11-12-22(26)25(21)16-14-18-5-3-2-4-6-18/h2-10,21,24H,11-17H2,1H3/t21-/m0/s1. The Morgan fingerprint density at radius 1 is 1.11 bits per heavy atom. The number of hydrogen-bond donors (Lipinski definition) is 1. The van der Waals surface area contributed by atoms with Crippen molar-refractivity contribution in [2.75, 3.05) is 20.2 Å². The summed E-state index contributed by atoms with van der Waals surface area (Å²) in [5, 5.41) is 3.45. The number of likely N-dealkylation sites (tertiary alicyclic amines) is 1. The van der Waals surface area contributed by atoms with E-state index in [2.05, 4.69) is 22.3 Å². The maximum absolute atomic E-state index is 12.2. The molecule has 0 saturated carbocycles. The molecule has 1 aliphatic rings. The summed E-state index contributed by atoms with van der Waals surface area (Å²) in [4.78, 5) is 25.8. The number of carbonyl (C=O) groups is 2. The Morgan fingerprint density at radius 2 is 1.86 bits per heavy atom. The SMILES string of the molecule is COC(=O)c1ccc(CNCC[C@@H]2CCC(=O)N2CCc2ccccc2)cc1. The molecule has 5 heteroatoms. The lowest BCUT2D eigenvalue weighted by molar-refractivity contribution is -0.129. The van der Waals surface area contributed by atoms with Gasteiger partial charge in [-0.05, 0) is 49.1 Å². The van der Waals surface area contributed by atoms with Crippen molar-refractivity contribution in [1.82, 2.24) is 10.2 Å². The van der Waals surface area contributed by atoms with Crippen LogP contribution in [-0.4, -0.2) is 43.0 Å². The van der Waals surface area contributed by atoms with E-state index < -0.39 is 0 Å². The van der Waals surface area contributed by atoms with E-state index in [0.717, 1.165) is 44.5 Å². The molecule has 0 unspecified atom stereocenters. The molecule has 5 nitrogen and oxygen atoms in total. The van der Waals surface area contributed by atoms with Crippen molar-refractivity contribution < 1.29 is 14.3 Å². The van der Waals surface area contributed by atoms with Gasteiger partial charge in [-0.1, -0.05) is 42.5 Å². The maximum Gasteiger partial charge on any atom is 0.337 e. The summed E-state index contributed by atoms with van der Waals surface area (Å²) in [6.07, 6.45) is 3.47. The minimum absolute atomic E-state index is 0.277. The first kappa shape index (κ1) is 20.1. The number of ether oxygens (including phenoxy) is 1. The molecule has 0 spiro atoms. The molecule has 0 radical (unpaired) electrons. The van der Waals surface area contributed by atoms with Gasteiger partial charge in [0.2, 0.25) is 5.91 Å². The number of hydrogen-bond acceptors (Lipinski definition) is 4. The summed E-state index contributed by atoms with van der Waals surface area (Å²) in [6, 6.07) is 18.1. The molecule has 2 aromatic carbocycles. The Balaban J connectivity index is 1.42. The van der Waals surface area contributed by atoms with Crippen LogP contribution in [0, 0.1) is 0 Å². The predicted octanol–water partition coefficient (Wildman–Crippen LogP) is 3.19. The van der Waals surface area contributed by atoms with Crippen LogP contribution in [0.5, 0.6) is 0 Å². The molecule has 0 aliphatic carbocycles. The minimum atomic E-state index is -0.319. The molecule has 148 valence electrons. The van der Waals surface area contributed by atoms with Gasteiger partial charge in [-0.3, -0.25) is 4.79 Å². The first-order chi connectivity index (χ1) is 13.7. The van der Waals surface area contributed by atoms with Gasteiger partial charge in [0, 0.05) is 25.6 Å². The molecule has 0 bridgehead atoms. The van der Waals surface area contributed by atoms with Gasteiger partial charge in [-0.2, -0.15) is 0 Å². The van der Waals surface area contributed by atoms with Crippen LogP contribution in [0.1, 0.15) is 40.7 Å².